The number of aromatic nitrogens is 2. The number of rotatable bonds is 1. The summed E-state index contributed by atoms with van der Waals surface area (Å²) in [5.74, 6) is -0.921. The molecule has 0 aliphatic rings. The summed E-state index contributed by atoms with van der Waals surface area (Å²) in [6.07, 6.45) is 0.970. The van der Waals surface area contributed by atoms with Gasteiger partial charge in [0.2, 0.25) is 5.75 Å². The van der Waals surface area contributed by atoms with Gasteiger partial charge in [0.05, 0.1) is 0 Å². The Balaban J connectivity index is 3.08. The van der Waals surface area contributed by atoms with Crippen molar-refractivity contribution in [2.75, 3.05) is 0 Å². The maximum atomic E-state index is 9.86. The summed E-state index contributed by atoms with van der Waals surface area (Å²) in [4.78, 5) is 9.11. The fourth-order valence-electron chi connectivity index (χ4n) is 0.407. The summed E-state index contributed by atoms with van der Waals surface area (Å²) in [6, 6.07) is 0. The highest BCUT2D eigenvalue weighted by molar-refractivity contribution is 5.34. The molecule has 0 radical (unpaired) electrons. The third-order valence-electron chi connectivity index (χ3n) is 0.782. The molecule has 0 aromatic carbocycles. The highest BCUT2D eigenvalue weighted by atomic mass is 16.6. The molecule has 6 nitrogen and oxygen atoms in total. The van der Waals surface area contributed by atoms with Crippen molar-refractivity contribution in [3.63, 3.8) is 0 Å². The van der Waals surface area contributed by atoms with Crippen LogP contribution in [0.1, 0.15) is 0 Å². The molecule has 0 saturated heterocycles. The number of hydrogen-bond acceptors (Lipinski definition) is 4. The molecule has 1 heterocycles. The molecule has 0 bridgehead atoms. The van der Waals surface area contributed by atoms with Crippen LogP contribution < -0.4 is 0 Å². The average molecular weight is 129 g/mol. The number of nitrogens with one attached hydrogen (secondary N) is 1. The minimum Gasteiger partial charge on any atom is -0.500 e. The standard InChI is InChI=1S/C3H3N3O3/c7-2-1-4-5-3(2)6(8)9/h1,7H,(H,4,5). The summed E-state index contributed by atoms with van der Waals surface area (Å²) >= 11 is 0. The molecule has 0 aliphatic heterocycles. The van der Waals surface area contributed by atoms with Gasteiger partial charge in [0.15, 0.2) is 0 Å². The minimum absolute atomic E-state index is 0.444. The van der Waals surface area contributed by atoms with Gasteiger partial charge in [-0.25, -0.2) is 0 Å². The van der Waals surface area contributed by atoms with E-state index in [4.69, 9.17) is 5.11 Å². The molecule has 0 unspecified atom stereocenters. The quantitative estimate of drug-likeness (QED) is 0.413. The smallest absolute Gasteiger partial charge is 0.385 e. The molecule has 2 N–H and O–H groups in total. The first-order valence-corrected chi connectivity index (χ1v) is 2.08. The van der Waals surface area contributed by atoms with Crippen molar-refractivity contribution < 1.29 is 10.0 Å². The molecule has 0 saturated carbocycles. The minimum atomic E-state index is -0.748. The van der Waals surface area contributed by atoms with Gasteiger partial charge in [-0.3, -0.25) is 0 Å². The summed E-state index contributed by atoms with van der Waals surface area (Å²) < 4.78 is 0. The van der Waals surface area contributed by atoms with Gasteiger partial charge in [0.1, 0.15) is 6.20 Å². The SMILES string of the molecule is O=[N+]([O-])c1[nH]ncc1O. The molecule has 1 aromatic rings. The van der Waals surface area contributed by atoms with E-state index >= 15 is 0 Å². The maximum Gasteiger partial charge on any atom is 0.385 e. The predicted octanol–water partition coefficient (Wildman–Crippen LogP) is 0.0235. The van der Waals surface area contributed by atoms with Crippen LogP contribution in [-0.4, -0.2) is 20.2 Å². The first-order chi connectivity index (χ1) is 4.22. The second-order valence-electron chi connectivity index (χ2n) is 1.36. The van der Waals surface area contributed by atoms with Crippen molar-refractivity contribution in [2.24, 2.45) is 0 Å². The lowest BCUT2D eigenvalue weighted by molar-refractivity contribution is -0.390. The molecule has 48 valence electrons. The van der Waals surface area contributed by atoms with E-state index in [2.05, 4.69) is 5.10 Å². The van der Waals surface area contributed by atoms with Crippen molar-refractivity contribution in [1.29, 1.82) is 0 Å². The molecule has 6 heteroatoms. The Kier molecular flexibility index (Phi) is 1.07. The van der Waals surface area contributed by atoms with Gasteiger partial charge >= 0.3 is 5.82 Å². The Morgan fingerprint density at radius 3 is 2.78 bits per heavy atom. The van der Waals surface area contributed by atoms with E-state index in [1.807, 2.05) is 5.10 Å². The van der Waals surface area contributed by atoms with E-state index in [-0.39, 0.29) is 0 Å². The fraction of sp³-hybridized carbons (Fsp3) is 0. The highest BCUT2D eigenvalue weighted by Crippen LogP contribution is 2.19. The number of H-pyrrole nitrogens is 1. The van der Waals surface area contributed by atoms with Crippen LogP contribution in [0.4, 0.5) is 5.82 Å². The lowest BCUT2D eigenvalue weighted by Gasteiger charge is -1.86. The number of hydrogen-bond donors (Lipinski definition) is 2. The first-order valence-electron chi connectivity index (χ1n) is 2.08. The fourth-order valence-corrected chi connectivity index (χ4v) is 0.407. The van der Waals surface area contributed by atoms with E-state index < -0.39 is 16.5 Å². The molecule has 9 heavy (non-hydrogen) atoms. The molecule has 1 rings (SSSR count). The molecule has 1 aromatic heterocycles. The van der Waals surface area contributed by atoms with E-state index in [0.29, 0.717) is 0 Å². The molecule has 0 amide bonds. The topological polar surface area (TPSA) is 92.0 Å². The largest absolute Gasteiger partial charge is 0.500 e. The molecular weight excluding hydrogens is 126 g/mol. The Morgan fingerprint density at radius 1 is 1.89 bits per heavy atom. The van der Waals surface area contributed by atoms with E-state index in [0.717, 1.165) is 6.20 Å². The van der Waals surface area contributed by atoms with E-state index in [1.165, 1.54) is 0 Å². The van der Waals surface area contributed by atoms with Crippen LogP contribution in [0.25, 0.3) is 0 Å². The molecular formula is C3H3N3O3. The van der Waals surface area contributed by atoms with E-state index in [9.17, 15) is 10.1 Å². The Bertz CT molecular complexity index is 230. The van der Waals surface area contributed by atoms with Crippen molar-refractivity contribution in [2.45, 2.75) is 0 Å². The van der Waals surface area contributed by atoms with E-state index in [1.54, 1.807) is 0 Å². The predicted molar refractivity (Wildman–Crippen MR) is 26.9 cm³/mol. The van der Waals surface area contributed by atoms with Gasteiger partial charge in [0, 0.05) is 0 Å². The maximum absolute atomic E-state index is 9.86. The summed E-state index contributed by atoms with van der Waals surface area (Å²) in [5.41, 5.74) is 0. The zero-order valence-electron chi connectivity index (χ0n) is 4.24. The molecule has 0 spiro atoms. The van der Waals surface area contributed by atoms with Gasteiger partial charge in [-0.05, 0) is 4.92 Å². The van der Waals surface area contributed by atoms with Crippen molar-refractivity contribution in [1.82, 2.24) is 10.2 Å². The number of nitrogens with zero attached hydrogens (tertiary/aromatic N) is 2. The average Bonchev–Trinajstić information content (AvgIpc) is 2.13. The van der Waals surface area contributed by atoms with Crippen LogP contribution in [0.3, 0.4) is 0 Å². The van der Waals surface area contributed by atoms with Crippen LogP contribution in [0.2, 0.25) is 0 Å². The number of nitro groups is 1. The van der Waals surface area contributed by atoms with Gasteiger partial charge in [-0.1, -0.05) is 5.10 Å². The zero-order chi connectivity index (χ0) is 6.85. The molecule has 0 atom stereocenters. The molecule has 0 fully saturated rings. The Morgan fingerprint density at radius 2 is 2.56 bits per heavy atom. The normalized spacial score (nSPS) is 9.33. The second-order valence-corrected chi connectivity index (χ2v) is 1.36. The summed E-state index contributed by atoms with van der Waals surface area (Å²) in [6.45, 7) is 0. The zero-order valence-corrected chi connectivity index (χ0v) is 4.24. The number of aromatic amines is 1. The van der Waals surface area contributed by atoms with Gasteiger partial charge in [-0.15, -0.1) is 5.10 Å². The Labute approximate surface area is 49.3 Å². The van der Waals surface area contributed by atoms with Crippen molar-refractivity contribution >= 4 is 5.82 Å². The monoisotopic (exact) mass is 129 g/mol. The second kappa shape index (κ2) is 1.73. The van der Waals surface area contributed by atoms with Crippen LogP contribution in [0.5, 0.6) is 5.75 Å². The number of aromatic hydroxyl groups is 1. The lowest BCUT2D eigenvalue weighted by atomic mass is 10.6. The van der Waals surface area contributed by atoms with Crippen LogP contribution in [0, 0.1) is 10.1 Å². The van der Waals surface area contributed by atoms with Crippen LogP contribution in [0.15, 0.2) is 6.20 Å². The summed E-state index contributed by atoms with van der Waals surface area (Å²) in [5, 5.41) is 23.7. The van der Waals surface area contributed by atoms with Crippen molar-refractivity contribution in [3.05, 3.63) is 16.3 Å². The third-order valence-corrected chi connectivity index (χ3v) is 0.782. The van der Waals surface area contributed by atoms with Gasteiger partial charge < -0.3 is 15.2 Å². The Hall–Kier alpha value is -1.59. The third kappa shape index (κ3) is 0.809. The van der Waals surface area contributed by atoms with Crippen LogP contribution >= 0.6 is 0 Å². The highest BCUT2D eigenvalue weighted by Gasteiger charge is 2.11. The van der Waals surface area contributed by atoms with Crippen LogP contribution in [-0.2, 0) is 0 Å². The van der Waals surface area contributed by atoms with Gasteiger partial charge in [-0.2, -0.15) is 0 Å². The van der Waals surface area contributed by atoms with Crippen molar-refractivity contribution in [3.8, 4) is 5.75 Å². The molecule has 0 aliphatic carbocycles. The lowest BCUT2D eigenvalue weighted by Crippen LogP contribution is -1.87. The van der Waals surface area contributed by atoms with Gasteiger partial charge in [0.25, 0.3) is 0 Å². The first kappa shape index (κ1) is 5.54. The summed E-state index contributed by atoms with van der Waals surface area (Å²) in [7, 11) is 0.